The molecule has 6 atom stereocenters. The van der Waals surface area contributed by atoms with Crippen LogP contribution >= 0.6 is 0 Å². The second-order valence-corrected chi connectivity index (χ2v) is 16.4. The van der Waals surface area contributed by atoms with Crippen LogP contribution in [0.5, 0.6) is 0 Å². The summed E-state index contributed by atoms with van der Waals surface area (Å²) in [5, 5.41) is 45.5. The lowest BCUT2D eigenvalue weighted by molar-refractivity contribution is -0.142. The average molecular weight is 807 g/mol. The predicted molar refractivity (Wildman–Crippen MR) is 214 cm³/mol. The molecule has 0 unspecified atom stereocenters. The molecular weight excluding hydrogens is 745 g/mol. The van der Waals surface area contributed by atoms with Crippen LogP contribution in [0, 0.1) is 46.3 Å². The summed E-state index contributed by atoms with van der Waals surface area (Å²) in [4.78, 5) is 74.1. The highest BCUT2D eigenvalue weighted by Crippen LogP contribution is 2.30. The SMILES string of the molecule is CC(C)C[C@H](NC(=O)C1(O)CCCC1)C(=O)N[C@H](C#N)C[C@@H]1CCCNC1=O.CC(C)C[C@H](NC(=O)OCc1ccccc1)C(=O)N[C@H](C#N)C[C@@H]1CCCNC1=O. The van der Waals surface area contributed by atoms with Gasteiger partial charge in [0.05, 0.1) is 12.1 Å². The molecule has 2 saturated heterocycles. The van der Waals surface area contributed by atoms with Crippen LogP contribution in [0.4, 0.5) is 4.79 Å². The minimum absolute atomic E-state index is 0.0860. The molecule has 16 heteroatoms. The summed E-state index contributed by atoms with van der Waals surface area (Å²) in [7, 11) is 0. The van der Waals surface area contributed by atoms with E-state index in [1.165, 1.54) is 0 Å². The van der Waals surface area contributed by atoms with Crippen LogP contribution in [0.15, 0.2) is 30.3 Å². The number of carbonyl (C=O) groups is 6. The summed E-state index contributed by atoms with van der Waals surface area (Å²) >= 11 is 0. The van der Waals surface area contributed by atoms with E-state index in [4.69, 9.17) is 4.74 Å². The zero-order valence-corrected chi connectivity index (χ0v) is 34.3. The van der Waals surface area contributed by atoms with Gasteiger partial charge < -0.3 is 41.7 Å². The van der Waals surface area contributed by atoms with Gasteiger partial charge in [0.25, 0.3) is 5.91 Å². The lowest BCUT2D eigenvalue weighted by Crippen LogP contribution is -2.55. The molecule has 1 aliphatic carbocycles. The van der Waals surface area contributed by atoms with Crippen molar-refractivity contribution in [2.24, 2.45) is 23.7 Å². The Morgan fingerprint density at radius 1 is 0.759 bits per heavy atom. The third-order valence-electron chi connectivity index (χ3n) is 10.5. The van der Waals surface area contributed by atoms with Gasteiger partial charge in [0.15, 0.2) is 0 Å². The molecule has 2 aliphatic heterocycles. The Morgan fingerprint density at radius 2 is 1.22 bits per heavy atom. The predicted octanol–water partition coefficient (Wildman–Crippen LogP) is 3.00. The smallest absolute Gasteiger partial charge is 0.408 e. The van der Waals surface area contributed by atoms with Crippen LogP contribution in [-0.4, -0.2) is 83.6 Å². The van der Waals surface area contributed by atoms with Crippen molar-refractivity contribution in [3.63, 3.8) is 0 Å². The van der Waals surface area contributed by atoms with Crippen molar-refractivity contribution in [3.8, 4) is 12.1 Å². The van der Waals surface area contributed by atoms with E-state index in [2.05, 4.69) is 44.0 Å². The fourth-order valence-corrected chi connectivity index (χ4v) is 7.31. The third kappa shape index (κ3) is 16.0. The van der Waals surface area contributed by atoms with E-state index >= 15 is 0 Å². The molecule has 0 aromatic heterocycles. The minimum atomic E-state index is -1.41. The number of nitrogens with one attached hydrogen (secondary N) is 6. The number of hydrogen-bond acceptors (Lipinski definition) is 10. The molecule has 3 aliphatic rings. The molecule has 0 radical (unpaired) electrons. The van der Waals surface area contributed by atoms with Gasteiger partial charge in [0, 0.05) is 24.9 Å². The molecule has 0 spiro atoms. The average Bonchev–Trinajstić information content (AvgIpc) is 3.65. The molecule has 2 heterocycles. The number of ether oxygens (including phenoxy) is 1. The van der Waals surface area contributed by atoms with Crippen molar-refractivity contribution in [2.75, 3.05) is 13.1 Å². The van der Waals surface area contributed by atoms with Crippen molar-refractivity contribution in [3.05, 3.63) is 35.9 Å². The first-order valence-electron chi connectivity index (χ1n) is 20.6. The largest absolute Gasteiger partial charge is 0.445 e. The molecule has 1 saturated carbocycles. The van der Waals surface area contributed by atoms with Crippen molar-refractivity contribution in [1.29, 1.82) is 10.5 Å². The maximum atomic E-state index is 12.8. The number of piperidine rings is 2. The molecular formula is C42H62N8O8. The number of amides is 6. The molecule has 4 rings (SSSR count). The highest BCUT2D eigenvalue weighted by atomic mass is 16.5. The van der Waals surface area contributed by atoms with Gasteiger partial charge in [0.2, 0.25) is 23.6 Å². The number of nitriles is 2. The monoisotopic (exact) mass is 806 g/mol. The Morgan fingerprint density at radius 3 is 1.66 bits per heavy atom. The summed E-state index contributed by atoms with van der Waals surface area (Å²) in [6, 6.07) is 10.1. The number of hydrogen-bond donors (Lipinski definition) is 7. The third-order valence-corrected chi connectivity index (χ3v) is 10.5. The molecule has 6 amide bonds. The number of rotatable bonds is 17. The second-order valence-electron chi connectivity index (χ2n) is 16.4. The number of nitrogens with zero attached hydrogens (tertiary/aromatic N) is 2. The van der Waals surface area contributed by atoms with Gasteiger partial charge in [-0.3, -0.25) is 24.0 Å². The summed E-state index contributed by atoms with van der Waals surface area (Å²) < 4.78 is 5.21. The van der Waals surface area contributed by atoms with Crippen LogP contribution in [-0.2, 0) is 35.3 Å². The second kappa shape index (κ2) is 23.9. The maximum Gasteiger partial charge on any atom is 0.408 e. The molecule has 3 fully saturated rings. The first kappa shape index (κ1) is 47.2. The lowest BCUT2D eigenvalue weighted by Gasteiger charge is -2.28. The van der Waals surface area contributed by atoms with Crippen molar-refractivity contribution >= 4 is 35.6 Å². The quantitative estimate of drug-likeness (QED) is 0.121. The summed E-state index contributed by atoms with van der Waals surface area (Å²) in [5.41, 5.74) is -0.572. The van der Waals surface area contributed by atoms with E-state index < -0.39 is 53.6 Å². The fourth-order valence-electron chi connectivity index (χ4n) is 7.31. The Bertz CT molecular complexity index is 1620. The summed E-state index contributed by atoms with van der Waals surface area (Å²) in [5.74, 6) is -1.92. The fraction of sp³-hybridized carbons (Fsp3) is 0.667. The first-order chi connectivity index (χ1) is 27.6. The van der Waals surface area contributed by atoms with Gasteiger partial charge in [-0.2, -0.15) is 10.5 Å². The molecule has 58 heavy (non-hydrogen) atoms. The Balaban J connectivity index is 0.000000311. The summed E-state index contributed by atoms with van der Waals surface area (Å²) in [6.45, 7) is 9.13. The Kier molecular flexibility index (Phi) is 19.4. The van der Waals surface area contributed by atoms with Crippen molar-refractivity contribution in [1.82, 2.24) is 31.9 Å². The van der Waals surface area contributed by atoms with E-state index in [0.717, 1.165) is 31.2 Å². The maximum absolute atomic E-state index is 12.8. The van der Waals surface area contributed by atoms with E-state index in [9.17, 15) is 44.4 Å². The van der Waals surface area contributed by atoms with Gasteiger partial charge in [-0.1, -0.05) is 58.0 Å². The molecule has 1 aromatic carbocycles. The lowest BCUT2D eigenvalue weighted by atomic mass is 9.91. The molecule has 16 nitrogen and oxygen atoms in total. The van der Waals surface area contributed by atoms with Gasteiger partial charge in [0.1, 0.15) is 36.4 Å². The van der Waals surface area contributed by atoms with Crippen LogP contribution in [0.2, 0.25) is 0 Å². The van der Waals surface area contributed by atoms with Gasteiger partial charge in [-0.25, -0.2) is 4.79 Å². The van der Waals surface area contributed by atoms with Crippen molar-refractivity contribution in [2.45, 2.75) is 141 Å². The van der Waals surface area contributed by atoms with Crippen LogP contribution in [0.1, 0.15) is 110 Å². The normalized spacial score (nSPS) is 20.6. The van der Waals surface area contributed by atoms with E-state index in [0.29, 0.717) is 51.6 Å². The minimum Gasteiger partial charge on any atom is -0.445 e. The molecule has 1 aromatic rings. The van der Waals surface area contributed by atoms with Gasteiger partial charge in [-0.15, -0.1) is 0 Å². The van der Waals surface area contributed by atoms with Crippen LogP contribution < -0.4 is 31.9 Å². The van der Waals surface area contributed by atoms with E-state index in [1.807, 2.05) is 58.0 Å². The number of alkyl carbamates (subject to hydrolysis) is 1. The molecule has 318 valence electrons. The highest BCUT2D eigenvalue weighted by Gasteiger charge is 2.41. The Labute approximate surface area is 342 Å². The van der Waals surface area contributed by atoms with Crippen LogP contribution in [0.3, 0.4) is 0 Å². The number of benzene rings is 1. The zero-order chi connectivity index (χ0) is 42.7. The summed E-state index contributed by atoms with van der Waals surface area (Å²) in [6.07, 6.45) is 6.05. The molecule has 0 bridgehead atoms. The van der Waals surface area contributed by atoms with Gasteiger partial charge in [-0.05, 0) is 94.4 Å². The standard InChI is InChI=1S/C22H30N4O4.C20H32N4O4/c1-15(2)11-19(26-22(29)30-14-16-7-4-3-5-8-16)21(28)25-18(13-23)12-17-9-6-10-24-20(17)27;1-13(2)10-16(24-19(27)20(28)7-3-4-8-20)18(26)23-15(12-21)11-14-6-5-9-22-17(14)25/h3-5,7-8,15,17-19H,6,9-12,14H2,1-2H3,(H,24,27)(H,25,28)(H,26,29);13-16,28H,3-11H2,1-2H3,(H,22,25)(H,23,26)(H,24,27)/t17-,18-,19-;14-,15-,16-/m00/s1. The van der Waals surface area contributed by atoms with Gasteiger partial charge >= 0.3 is 6.09 Å². The van der Waals surface area contributed by atoms with E-state index in [-0.39, 0.29) is 54.9 Å². The number of aliphatic hydroxyl groups is 1. The highest BCUT2D eigenvalue weighted by molar-refractivity contribution is 5.92. The Hall–Kier alpha value is -5.22. The first-order valence-corrected chi connectivity index (χ1v) is 20.6. The van der Waals surface area contributed by atoms with E-state index in [1.54, 1.807) is 0 Å². The topological polar surface area (TPSA) is 252 Å². The zero-order valence-electron chi connectivity index (χ0n) is 34.3. The van der Waals surface area contributed by atoms with Crippen LogP contribution in [0.25, 0.3) is 0 Å². The van der Waals surface area contributed by atoms with Crippen molar-refractivity contribution < 1.29 is 38.6 Å². The molecule has 7 N–H and O–H groups in total. The number of carbonyl (C=O) groups excluding carboxylic acids is 6.